The highest BCUT2D eigenvalue weighted by Gasteiger charge is 2.18. The van der Waals surface area contributed by atoms with Crippen LogP contribution < -0.4 is 11.1 Å². The average molecular weight is 222 g/mol. The first-order chi connectivity index (χ1) is 7.68. The van der Waals surface area contributed by atoms with Crippen LogP contribution in [0.5, 0.6) is 0 Å². The number of carbonyl (C=O) groups excluding carboxylic acids is 1. The molecule has 1 aromatic heterocycles. The van der Waals surface area contributed by atoms with Crippen LogP contribution in [0.15, 0.2) is 6.20 Å². The second kappa shape index (κ2) is 4.55. The molecular weight excluding hydrogens is 204 g/mol. The lowest BCUT2D eigenvalue weighted by molar-refractivity contribution is 0.0948. The maximum Gasteiger partial charge on any atom is 0.256 e. The highest BCUT2D eigenvalue weighted by molar-refractivity contribution is 5.98. The third-order valence-electron chi connectivity index (χ3n) is 3.26. The molecule has 0 spiro atoms. The summed E-state index contributed by atoms with van der Waals surface area (Å²) in [6, 6.07) is 0. The van der Waals surface area contributed by atoms with Crippen LogP contribution in [0.4, 0.5) is 5.82 Å². The first-order valence-corrected chi connectivity index (χ1v) is 5.74. The van der Waals surface area contributed by atoms with E-state index in [-0.39, 0.29) is 5.91 Å². The number of aromatic nitrogens is 2. The van der Waals surface area contributed by atoms with Crippen LogP contribution in [0.3, 0.4) is 0 Å². The molecule has 1 fully saturated rings. The Morgan fingerprint density at radius 2 is 2.31 bits per heavy atom. The molecule has 1 saturated carbocycles. The van der Waals surface area contributed by atoms with Gasteiger partial charge in [-0.1, -0.05) is 12.8 Å². The Morgan fingerprint density at radius 1 is 1.62 bits per heavy atom. The van der Waals surface area contributed by atoms with Crippen molar-refractivity contribution in [3.8, 4) is 0 Å². The predicted molar refractivity (Wildman–Crippen MR) is 61.9 cm³/mol. The predicted octanol–water partition coefficient (Wildman–Crippen LogP) is 0.922. The van der Waals surface area contributed by atoms with Gasteiger partial charge in [-0.2, -0.15) is 5.10 Å². The minimum Gasteiger partial charge on any atom is -0.383 e. The molecule has 16 heavy (non-hydrogen) atoms. The number of carbonyl (C=O) groups is 1. The summed E-state index contributed by atoms with van der Waals surface area (Å²) in [5, 5.41) is 6.87. The van der Waals surface area contributed by atoms with Crippen molar-refractivity contribution in [2.75, 3.05) is 12.3 Å². The van der Waals surface area contributed by atoms with Gasteiger partial charge in [-0.3, -0.25) is 9.48 Å². The van der Waals surface area contributed by atoms with Crippen LogP contribution >= 0.6 is 0 Å². The fourth-order valence-corrected chi connectivity index (χ4v) is 2.17. The lowest BCUT2D eigenvalue weighted by atomic mass is 10.1. The molecule has 0 unspecified atom stereocenters. The van der Waals surface area contributed by atoms with E-state index in [9.17, 15) is 4.79 Å². The van der Waals surface area contributed by atoms with E-state index in [1.807, 2.05) is 0 Å². The molecule has 0 radical (unpaired) electrons. The Morgan fingerprint density at radius 3 is 2.88 bits per heavy atom. The second-order valence-corrected chi connectivity index (χ2v) is 4.43. The number of amides is 1. The van der Waals surface area contributed by atoms with Gasteiger partial charge in [0, 0.05) is 13.6 Å². The van der Waals surface area contributed by atoms with Crippen LogP contribution in [0.25, 0.3) is 0 Å². The molecule has 0 saturated heterocycles. The number of aryl methyl sites for hydroxylation is 1. The molecule has 0 atom stereocenters. The van der Waals surface area contributed by atoms with Crippen molar-refractivity contribution in [2.45, 2.75) is 25.7 Å². The second-order valence-electron chi connectivity index (χ2n) is 4.43. The third kappa shape index (κ3) is 2.18. The molecule has 0 bridgehead atoms. The smallest absolute Gasteiger partial charge is 0.256 e. The van der Waals surface area contributed by atoms with Crippen molar-refractivity contribution in [1.29, 1.82) is 0 Å². The van der Waals surface area contributed by atoms with Crippen molar-refractivity contribution < 1.29 is 4.79 Å². The van der Waals surface area contributed by atoms with Crippen LogP contribution in [-0.4, -0.2) is 22.2 Å². The van der Waals surface area contributed by atoms with Crippen LogP contribution in [-0.2, 0) is 7.05 Å². The molecule has 0 aliphatic heterocycles. The van der Waals surface area contributed by atoms with Gasteiger partial charge in [0.1, 0.15) is 11.4 Å². The van der Waals surface area contributed by atoms with E-state index in [1.165, 1.54) is 36.6 Å². The summed E-state index contributed by atoms with van der Waals surface area (Å²) in [5.74, 6) is 0.947. The molecule has 2 rings (SSSR count). The molecular formula is C11H18N4O. The molecule has 1 aliphatic rings. The number of hydrogen-bond donors (Lipinski definition) is 2. The molecule has 1 aliphatic carbocycles. The Balaban J connectivity index is 1.90. The van der Waals surface area contributed by atoms with Crippen LogP contribution in [0, 0.1) is 5.92 Å². The fraction of sp³-hybridized carbons (Fsp3) is 0.636. The summed E-state index contributed by atoms with van der Waals surface area (Å²) < 4.78 is 1.50. The Kier molecular flexibility index (Phi) is 3.12. The first kappa shape index (κ1) is 11.0. The lowest BCUT2D eigenvalue weighted by Gasteiger charge is -2.09. The van der Waals surface area contributed by atoms with Crippen molar-refractivity contribution in [3.63, 3.8) is 0 Å². The molecule has 1 aromatic rings. The summed E-state index contributed by atoms with van der Waals surface area (Å²) in [6.45, 7) is 0.757. The Labute approximate surface area is 95.0 Å². The zero-order valence-electron chi connectivity index (χ0n) is 9.57. The van der Waals surface area contributed by atoms with Gasteiger partial charge in [0.05, 0.1) is 6.20 Å². The lowest BCUT2D eigenvalue weighted by Crippen LogP contribution is -2.28. The molecule has 1 amide bonds. The van der Waals surface area contributed by atoms with E-state index in [0.717, 1.165) is 6.54 Å². The fourth-order valence-electron chi connectivity index (χ4n) is 2.17. The van der Waals surface area contributed by atoms with Gasteiger partial charge >= 0.3 is 0 Å². The van der Waals surface area contributed by atoms with E-state index in [1.54, 1.807) is 7.05 Å². The van der Waals surface area contributed by atoms with Crippen molar-refractivity contribution in [2.24, 2.45) is 13.0 Å². The third-order valence-corrected chi connectivity index (χ3v) is 3.26. The van der Waals surface area contributed by atoms with Gasteiger partial charge in [-0.25, -0.2) is 0 Å². The van der Waals surface area contributed by atoms with Crippen LogP contribution in [0.2, 0.25) is 0 Å². The number of hydrogen-bond acceptors (Lipinski definition) is 3. The molecule has 3 N–H and O–H groups in total. The largest absolute Gasteiger partial charge is 0.383 e. The summed E-state index contributed by atoms with van der Waals surface area (Å²) in [6.07, 6.45) is 6.54. The van der Waals surface area contributed by atoms with E-state index in [4.69, 9.17) is 5.73 Å². The Hall–Kier alpha value is -1.52. The summed E-state index contributed by atoms with van der Waals surface area (Å²) >= 11 is 0. The van der Waals surface area contributed by atoms with Crippen LogP contribution in [0.1, 0.15) is 36.0 Å². The summed E-state index contributed by atoms with van der Waals surface area (Å²) in [7, 11) is 1.73. The summed E-state index contributed by atoms with van der Waals surface area (Å²) in [5.41, 5.74) is 6.20. The minimum absolute atomic E-state index is 0.113. The van der Waals surface area contributed by atoms with E-state index >= 15 is 0 Å². The van der Waals surface area contributed by atoms with Crippen molar-refractivity contribution in [3.05, 3.63) is 11.8 Å². The number of nitrogens with one attached hydrogen (secondary N) is 1. The topological polar surface area (TPSA) is 72.9 Å². The van der Waals surface area contributed by atoms with Gasteiger partial charge in [0.25, 0.3) is 5.91 Å². The zero-order chi connectivity index (χ0) is 11.5. The van der Waals surface area contributed by atoms with E-state index < -0.39 is 0 Å². The van der Waals surface area contributed by atoms with Gasteiger partial charge in [-0.15, -0.1) is 0 Å². The van der Waals surface area contributed by atoms with Gasteiger partial charge < -0.3 is 11.1 Å². The SMILES string of the molecule is Cn1ncc(C(=O)NCC2CCCC2)c1N. The van der Waals surface area contributed by atoms with Gasteiger partial charge in [0.2, 0.25) is 0 Å². The maximum absolute atomic E-state index is 11.8. The summed E-state index contributed by atoms with van der Waals surface area (Å²) in [4.78, 5) is 11.8. The molecule has 88 valence electrons. The first-order valence-electron chi connectivity index (χ1n) is 5.74. The molecule has 1 heterocycles. The maximum atomic E-state index is 11.8. The van der Waals surface area contributed by atoms with E-state index in [0.29, 0.717) is 17.3 Å². The van der Waals surface area contributed by atoms with Gasteiger partial charge in [0.15, 0.2) is 0 Å². The van der Waals surface area contributed by atoms with Gasteiger partial charge in [-0.05, 0) is 18.8 Å². The minimum atomic E-state index is -0.113. The van der Waals surface area contributed by atoms with E-state index in [2.05, 4.69) is 10.4 Å². The quantitative estimate of drug-likeness (QED) is 0.798. The highest BCUT2D eigenvalue weighted by Crippen LogP contribution is 2.23. The van der Waals surface area contributed by atoms with Crippen molar-refractivity contribution in [1.82, 2.24) is 15.1 Å². The van der Waals surface area contributed by atoms with Crippen molar-refractivity contribution >= 4 is 11.7 Å². The molecule has 5 nitrogen and oxygen atoms in total. The molecule has 5 heteroatoms. The number of nitrogens with two attached hydrogens (primary N) is 1. The average Bonchev–Trinajstić information content (AvgIpc) is 2.88. The Bertz CT molecular complexity index is 379. The monoisotopic (exact) mass is 222 g/mol. The number of rotatable bonds is 3. The zero-order valence-corrected chi connectivity index (χ0v) is 9.57. The number of nitrogens with zero attached hydrogens (tertiary/aromatic N) is 2. The number of anilines is 1. The standard InChI is InChI=1S/C11H18N4O/c1-15-10(12)9(7-14-15)11(16)13-6-8-4-2-3-5-8/h7-8H,2-6,12H2,1H3,(H,13,16). The number of nitrogen functional groups attached to an aromatic ring is 1. The normalized spacial score (nSPS) is 16.6. The highest BCUT2D eigenvalue weighted by atomic mass is 16.1. The molecule has 0 aromatic carbocycles.